The summed E-state index contributed by atoms with van der Waals surface area (Å²) in [6.07, 6.45) is 2.48. The van der Waals surface area contributed by atoms with Crippen LogP contribution in [0, 0.1) is 5.41 Å². The van der Waals surface area contributed by atoms with E-state index in [1.54, 1.807) is 58.0 Å². The van der Waals surface area contributed by atoms with Crippen molar-refractivity contribution in [2.75, 3.05) is 12.3 Å². The Morgan fingerprint density at radius 1 is 1.03 bits per heavy atom. The minimum absolute atomic E-state index is 0.179. The van der Waals surface area contributed by atoms with E-state index in [0.717, 1.165) is 6.08 Å². The molecule has 0 aliphatic carbocycles. The molecule has 2 atom stereocenters. The fourth-order valence-electron chi connectivity index (χ4n) is 3.47. The van der Waals surface area contributed by atoms with E-state index in [1.165, 1.54) is 24.3 Å². The zero-order valence-electron chi connectivity index (χ0n) is 22.0. The summed E-state index contributed by atoms with van der Waals surface area (Å²) in [5.74, 6) is -4.26. The Labute approximate surface area is 231 Å². The van der Waals surface area contributed by atoms with E-state index in [0.29, 0.717) is 16.3 Å². The fraction of sp³-hybridized carbons (Fsp3) is 0.296. The minimum atomic E-state index is -1.35. The molecule has 208 valence electrons. The van der Waals surface area contributed by atoms with Crippen LogP contribution in [0.15, 0.2) is 60.7 Å². The number of carbonyl (C=O) groups excluding carboxylic acids is 4. The van der Waals surface area contributed by atoms with Gasteiger partial charge in [0.05, 0.1) is 10.7 Å². The topological polar surface area (TPSA) is 171 Å². The molecule has 0 radical (unpaired) electrons. The highest BCUT2D eigenvalue weighted by atomic mass is 35.5. The zero-order chi connectivity index (χ0) is 29.3. The lowest BCUT2D eigenvalue weighted by Crippen LogP contribution is -2.57. The summed E-state index contributed by atoms with van der Waals surface area (Å²) in [6.45, 7) is 5.94. The zero-order valence-corrected chi connectivity index (χ0v) is 22.8. The summed E-state index contributed by atoms with van der Waals surface area (Å²) in [4.78, 5) is 63.4. The van der Waals surface area contributed by atoms with Crippen LogP contribution in [-0.2, 0) is 19.2 Å². The molecule has 0 saturated heterocycles. The summed E-state index contributed by atoms with van der Waals surface area (Å²) in [5.41, 5.74) is 8.03. The second-order valence-corrected chi connectivity index (χ2v) is 10.1. The van der Waals surface area contributed by atoms with Crippen LogP contribution in [0.3, 0.4) is 0 Å². The Morgan fingerprint density at radius 2 is 1.67 bits per heavy atom. The predicted molar refractivity (Wildman–Crippen MR) is 146 cm³/mol. The van der Waals surface area contributed by atoms with Crippen LogP contribution >= 0.6 is 11.6 Å². The van der Waals surface area contributed by atoms with Crippen LogP contribution in [0.25, 0.3) is 0 Å². The van der Waals surface area contributed by atoms with Crippen molar-refractivity contribution in [2.24, 2.45) is 5.41 Å². The number of aliphatic carboxylic acids is 1. The number of anilines is 1. The number of allylic oxidation sites excluding steroid dienone is 1. The maximum absolute atomic E-state index is 13.5. The van der Waals surface area contributed by atoms with Crippen molar-refractivity contribution in [2.45, 2.75) is 39.8 Å². The van der Waals surface area contributed by atoms with Crippen LogP contribution < -0.4 is 21.8 Å². The monoisotopic (exact) mass is 557 g/mol. The summed E-state index contributed by atoms with van der Waals surface area (Å²) < 4.78 is 0. The van der Waals surface area contributed by atoms with Crippen LogP contribution in [-0.4, -0.2) is 52.3 Å². The Bertz CT molecular complexity index is 1260. The minimum Gasteiger partial charge on any atom is -0.480 e. The van der Waals surface area contributed by atoms with E-state index in [-0.39, 0.29) is 10.6 Å². The van der Waals surface area contributed by atoms with Crippen molar-refractivity contribution in [3.8, 4) is 0 Å². The number of nitrogen functional groups attached to an aromatic ring is 1. The number of hydrazine groups is 1. The third-order valence-corrected chi connectivity index (χ3v) is 5.79. The maximum Gasteiger partial charge on any atom is 0.325 e. The average Bonchev–Trinajstić information content (AvgIpc) is 2.86. The first-order valence-electron chi connectivity index (χ1n) is 11.9. The quantitative estimate of drug-likeness (QED) is 0.179. The number of carboxylic acids is 1. The van der Waals surface area contributed by atoms with Gasteiger partial charge in [-0.2, -0.15) is 0 Å². The second-order valence-electron chi connectivity index (χ2n) is 9.66. The van der Waals surface area contributed by atoms with E-state index in [4.69, 9.17) is 17.3 Å². The summed E-state index contributed by atoms with van der Waals surface area (Å²) in [6, 6.07) is 10.0. The van der Waals surface area contributed by atoms with Gasteiger partial charge in [0.2, 0.25) is 5.91 Å². The molecular formula is C27H32ClN5O6. The third kappa shape index (κ3) is 8.85. The first-order chi connectivity index (χ1) is 18.2. The highest BCUT2D eigenvalue weighted by Crippen LogP contribution is 2.24. The van der Waals surface area contributed by atoms with Crippen molar-refractivity contribution >= 4 is 46.9 Å². The molecule has 0 heterocycles. The normalized spacial score (nSPS) is 12.7. The van der Waals surface area contributed by atoms with Crippen molar-refractivity contribution in [1.82, 2.24) is 21.1 Å². The highest BCUT2D eigenvalue weighted by molar-refractivity contribution is 6.33. The molecular weight excluding hydrogens is 526 g/mol. The first kappa shape index (κ1) is 30.8. The molecule has 0 spiro atoms. The molecule has 2 unspecified atom stereocenters. The van der Waals surface area contributed by atoms with Gasteiger partial charge < -0.3 is 21.5 Å². The van der Waals surface area contributed by atoms with Gasteiger partial charge in [0.1, 0.15) is 18.6 Å². The number of carbonyl (C=O) groups is 5. The van der Waals surface area contributed by atoms with Gasteiger partial charge in [-0.1, -0.05) is 68.8 Å². The SMILES string of the molecule is C/C=C/C(=O)N(CC(=O)O)NC(=O)C(NC(=O)C(NC(=O)c1ccc(N)c(Cl)c1)C(C)(C)C)c1ccccc1. The number of carboxylic acid groups (broad SMARTS) is 1. The van der Waals surface area contributed by atoms with Gasteiger partial charge in [0, 0.05) is 11.6 Å². The molecule has 0 aliphatic heterocycles. The van der Waals surface area contributed by atoms with Crippen molar-refractivity contribution in [3.63, 3.8) is 0 Å². The largest absolute Gasteiger partial charge is 0.480 e. The van der Waals surface area contributed by atoms with Gasteiger partial charge in [-0.3, -0.25) is 29.4 Å². The van der Waals surface area contributed by atoms with E-state index in [1.807, 2.05) is 0 Å². The Hall–Kier alpha value is -4.38. The molecule has 0 aliphatic rings. The predicted octanol–water partition coefficient (Wildman–Crippen LogP) is 2.44. The van der Waals surface area contributed by atoms with Gasteiger partial charge in [-0.05, 0) is 36.1 Å². The number of halogens is 1. The molecule has 0 saturated carbocycles. The highest BCUT2D eigenvalue weighted by Gasteiger charge is 2.36. The Kier molecular flexibility index (Phi) is 10.6. The molecule has 2 rings (SSSR count). The molecule has 11 nitrogen and oxygen atoms in total. The number of nitrogens with two attached hydrogens (primary N) is 1. The van der Waals surface area contributed by atoms with Crippen molar-refractivity contribution < 1.29 is 29.1 Å². The van der Waals surface area contributed by atoms with Crippen LogP contribution in [0.2, 0.25) is 5.02 Å². The van der Waals surface area contributed by atoms with Gasteiger partial charge in [0.25, 0.3) is 17.7 Å². The molecule has 6 N–H and O–H groups in total. The second kappa shape index (κ2) is 13.4. The van der Waals surface area contributed by atoms with E-state index in [2.05, 4.69) is 16.1 Å². The molecule has 0 aromatic heterocycles. The Balaban J connectivity index is 2.36. The maximum atomic E-state index is 13.5. The van der Waals surface area contributed by atoms with Crippen LogP contribution in [0.1, 0.15) is 49.7 Å². The van der Waals surface area contributed by atoms with Gasteiger partial charge in [-0.25, -0.2) is 5.01 Å². The summed E-state index contributed by atoms with van der Waals surface area (Å²) in [7, 11) is 0. The van der Waals surface area contributed by atoms with E-state index < -0.39 is 53.6 Å². The van der Waals surface area contributed by atoms with E-state index >= 15 is 0 Å². The van der Waals surface area contributed by atoms with Gasteiger partial charge in [-0.15, -0.1) is 0 Å². The van der Waals surface area contributed by atoms with Crippen LogP contribution in [0.5, 0.6) is 0 Å². The molecule has 2 aromatic carbocycles. The summed E-state index contributed by atoms with van der Waals surface area (Å²) >= 11 is 6.04. The lowest BCUT2D eigenvalue weighted by molar-refractivity contribution is -0.148. The van der Waals surface area contributed by atoms with Gasteiger partial charge in [0.15, 0.2) is 0 Å². The number of benzene rings is 2. The number of hydrogen-bond acceptors (Lipinski definition) is 6. The fourth-order valence-corrected chi connectivity index (χ4v) is 3.65. The molecule has 4 amide bonds. The molecule has 12 heteroatoms. The third-order valence-electron chi connectivity index (χ3n) is 5.46. The van der Waals surface area contributed by atoms with Crippen molar-refractivity contribution in [1.29, 1.82) is 0 Å². The number of hydrogen-bond donors (Lipinski definition) is 5. The number of nitrogens with one attached hydrogen (secondary N) is 3. The van der Waals surface area contributed by atoms with Gasteiger partial charge >= 0.3 is 5.97 Å². The molecule has 0 fully saturated rings. The molecule has 0 bridgehead atoms. The first-order valence-corrected chi connectivity index (χ1v) is 12.3. The van der Waals surface area contributed by atoms with Crippen LogP contribution in [0.4, 0.5) is 5.69 Å². The lowest BCUT2D eigenvalue weighted by atomic mass is 9.85. The molecule has 2 aromatic rings. The van der Waals surface area contributed by atoms with Crippen molar-refractivity contribution in [3.05, 3.63) is 76.8 Å². The lowest BCUT2D eigenvalue weighted by Gasteiger charge is -2.32. The average molecular weight is 558 g/mol. The number of amides is 4. The standard InChI is InChI=1S/C27H32ClN5O6/c1-5-9-20(34)33(15-21(35)36)32-25(38)22(16-10-7-6-8-11-16)30-26(39)23(27(2,3)4)31-24(37)17-12-13-19(29)18(28)14-17/h5-14,22-23H,15,29H2,1-4H3,(H,30,39)(H,31,37)(H,32,38)(H,35,36)/b9-5+. The number of nitrogens with zero attached hydrogens (tertiary/aromatic N) is 1. The summed E-state index contributed by atoms with van der Waals surface area (Å²) in [5, 5.41) is 15.3. The smallest absolute Gasteiger partial charge is 0.325 e. The molecule has 39 heavy (non-hydrogen) atoms. The number of rotatable bonds is 9. The van der Waals surface area contributed by atoms with E-state index in [9.17, 15) is 29.1 Å². The Morgan fingerprint density at radius 3 is 2.21 bits per heavy atom.